The van der Waals surface area contributed by atoms with E-state index in [1.807, 2.05) is 0 Å². The molecule has 0 aromatic carbocycles. The summed E-state index contributed by atoms with van der Waals surface area (Å²) in [6.07, 6.45) is -5.54. The van der Waals surface area contributed by atoms with Crippen molar-refractivity contribution < 1.29 is 32.9 Å². The Morgan fingerprint density at radius 2 is 1.67 bits per heavy atom. The number of esters is 1. The number of aliphatic hydroxyl groups is 2. The lowest BCUT2D eigenvalue weighted by Crippen LogP contribution is -2.63. The van der Waals surface area contributed by atoms with Gasteiger partial charge in [-0.05, 0) is 46.5 Å². The van der Waals surface area contributed by atoms with Crippen LogP contribution in [0.5, 0.6) is 0 Å². The summed E-state index contributed by atoms with van der Waals surface area (Å²) >= 11 is 0. The van der Waals surface area contributed by atoms with E-state index in [4.69, 9.17) is 4.74 Å². The molecular weight excluding hydrogens is 289 g/mol. The molecule has 1 aliphatic carbocycles. The first-order valence-electron chi connectivity index (χ1n) is 6.64. The van der Waals surface area contributed by atoms with E-state index < -0.39 is 28.9 Å². The van der Waals surface area contributed by atoms with Gasteiger partial charge in [-0.15, -0.1) is 0 Å². The molecule has 0 amide bonds. The smallest absolute Gasteiger partial charge is 0.419 e. The van der Waals surface area contributed by atoms with Gasteiger partial charge in [-0.1, -0.05) is 6.58 Å². The fourth-order valence-corrected chi connectivity index (χ4v) is 2.36. The molecule has 0 radical (unpaired) electrons. The molecule has 1 aliphatic rings. The van der Waals surface area contributed by atoms with Gasteiger partial charge in [-0.3, -0.25) is 0 Å². The lowest BCUT2D eigenvalue weighted by Gasteiger charge is -2.48. The molecule has 1 rings (SSSR count). The van der Waals surface area contributed by atoms with Crippen molar-refractivity contribution in [3.05, 3.63) is 12.2 Å². The van der Waals surface area contributed by atoms with Crippen molar-refractivity contribution in [2.75, 3.05) is 0 Å². The van der Waals surface area contributed by atoms with Gasteiger partial charge in [0, 0.05) is 5.57 Å². The lowest BCUT2D eigenvalue weighted by molar-refractivity contribution is -0.320. The van der Waals surface area contributed by atoms with Crippen molar-refractivity contribution >= 4 is 5.97 Å². The Morgan fingerprint density at radius 3 is 2.00 bits per heavy atom. The molecule has 0 bridgehead atoms. The van der Waals surface area contributed by atoms with Gasteiger partial charge in [0.2, 0.25) is 0 Å². The van der Waals surface area contributed by atoms with E-state index in [0.717, 1.165) is 0 Å². The zero-order valence-electron chi connectivity index (χ0n) is 12.4. The van der Waals surface area contributed by atoms with E-state index in [2.05, 4.69) is 6.58 Å². The molecule has 7 heteroatoms. The van der Waals surface area contributed by atoms with Crippen LogP contribution in [0.4, 0.5) is 13.2 Å². The number of ether oxygens (including phenoxy) is 1. The largest absolute Gasteiger partial charge is 0.456 e. The first kappa shape index (κ1) is 18.0. The average Bonchev–Trinajstić information content (AvgIpc) is 2.31. The molecule has 2 N–H and O–H groups in total. The highest BCUT2D eigenvalue weighted by atomic mass is 19.4. The third-order valence-corrected chi connectivity index (χ3v) is 4.28. The van der Waals surface area contributed by atoms with Crippen LogP contribution < -0.4 is 0 Å². The van der Waals surface area contributed by atoms with Crippen LogP contribution in [0.1, 0.15) is 46.5 Å². The molecule has 4 nitrogen and oxygen atoms in total. The first-order valence-corrected chi connectivity index (χ1v) is 6.64. The standard InChI is InChI=1S/C14H21F3O4/c1-9(2)10(18)21-11(3)5-7-13(20,8-6-11)12(4,19)14(15,16)17/h19-20H,1,5-8H2,2-4H3. The number of hydrogen-bond acceptors (Lipinski definition) is 4. The third kappa shape index (κ3) is 3.40. The topological polar surface area (TPSA) is 66.8 Å². The van der Waals surface area contributed by atoms with Crippen molar-refractivity contribution in [3.8, 4) is 0 Å². The third-order valence-electron chi connectivity index (χ3n) is 4.28. The Hall–Kier alpha value is -1.08. The number of halogens is 3. The molecule has 1 unspecified atom stereocenters. The molecule has 1 fully saturated rings. The fourth-order valence-electron chi connectivity index (χ4n) is 2.36. The second kappa shape index (κ2) is 5.28. The summed E-state index contributed by atoms with van der Waals surface area (Å²) in [5.41, 5.74) is -6.27. The SMILES string of the molecule is C=C(C)C(=O)OC1(C)CCC(O)(C(C)(O)C(F)(F)F)CC1. The lowest BCUT2D eigenvalue weighted by atomic mass is 9.69. The predicted octanol–water partition coefficient (Wildman–Crippen LogP) is 2.48. The summed E-state index contributed by atoms with van der Waals surface area (Å²) in [4.78, 5) is 11.5. The highest BCUT2D eigenvalue weighted by Gasteiger charge is 2.64. The highest BCUT2D eigenvalue weighted by Crippen LogP contribution is 2.48. The molecular formula is C14H21F3O4. The van der Waals surface area contributed by atoms with Gasteiger partial charge in [-0.25, -0.2) is 4.79 Å². The second-order valence-corrected chi connectivity index (χ2v) is 6.22. The Labute approximate surface area is 121 Å². The van der Waals surface area contributed by atoms with Crippen LogP contribution in [0.15, 0.2) is 12.2 Å². The van der Waals surface area contributed by atoms with Gasteiger partial charge in [0.25, 0.3) is 0 Å². The van der Waals surface area contributed by atoms with Crippen molar-refractivity contribution in [2.45, 2.75) is 69.4 Å². The average molecular weight is 310 g/mol. The van der Waals surface area contributed by atoms with Gasteiger partial charge in [-0.2, -0.15) is 13.2 Å². The van der Waals surface area contributed by atoms with Crippen molar-refractivity contribution in [2.24, 2.45) is 0 Å². The maximum atomic E-state index is 12.9. The van der Waals surface area contributed by atoms with E-state index in [-0.39, 0.29) is 31.3 Å². The van der Waals surface area contributed by atoms with Crippen LogP contribution in [-0.4, -0.2) is 39.2 Å². The number of alkyl halides is 3. The summed E-state index contributed by atoms with van der Waals surface area (Å²) in [5, 5.41) is 19.9. The molecule has 0 spiro atoms. The van der Waals surface area contributed by atoms with Crippen LogP contribution in [0, 0.1) is 0 Å². The van der Waals surface area contributed by atoms with Crippen LogP contribution in [-0.2, 0) is 9.53 Å². The van der Waals surface area contributed by atoms with Crippen molar-refractivity contribution in [1.29, 1.82) is 0 Å². The van der Waals surface area contributed by atoms with Crippen molar-refractivity contribution in [1.82, 2.24) is 0 Å². The van der Waals surface area contributed by atoms with E-state index in [1.54, 1.807) is 6.92 Å². The summed E-state index contributed by atoms with van der Waals surface area (Å²) in [6.45, 7) is 7.07. The van der Waals surface area contributed by atoms with Crippen LogP contribution in [0.2, 0.25) is 0 Å². The Morgan fingerprint density at radius 1 is 1.24 bits per heavy atom. The fraction of sp³-hybridized carbons (Fsp3) is 0.786. The molecule has 1 saturated carbocycles. The molecule has 0 aromatic rings. The van der Waals surface area contributed by atoms with E-state index in [0.29, 0.717) is 6.92 Å². The first-order chi connectivity index (χ1) is 9.24. The number of rotatable bonds is 3. The van der Waals surface area contributed by atoms with Gasteiger partial charge >= 0.3 is 12.1 Å². The zero-order valence-corrected chi connectivity index (χ0v) is 12.4. The predicted molar refractivity (Wildman–Crippen MR) is 69.4 cm³/mol. The second-order valence-electron chi connectivity index (χ2n) is 6.22. The molecule has 0 heterocycles. The number of hydrogen-bond donors (Lipinski definition) is 2. The Kier molecular flexibility index (Phi) is 4.52. The van der Waals surface area contributed by atoms with E-state index in [1.165, 1.54) is 6.92 Å². The normalized spacial score (nSPS) is 33.1. The highest BCUT2D eigenvalue weighted by molar-refractivity contribution is 5.87. The summed E-state index contributed by atoms with van der Waals surface area (Å²) in [6, 6.07) is 0. The zero-order chi connectivity index (χ0) is 16.7. The minimum atomic E-state index is -4.94. The van der Waals surface area contributed by atoms with Crippen LogP contribution in [0.25, 0.3) is 0 Å². The molecule has 0 aromatic heterocycles. The van der Waals surface area contributed by atoms with E-state index >= 15 is 0 Å². The van der Waals surface area contributed by atoms with Gasteiger partial charge < -0.3 is 14.9 Å². The number of carbonyl (C=O) groups excluding carboxylic acids is 1. The molecule has 0 saturated heterocycles. The minimum Gasteiger partial charge on any atom is -0.456 e. The van der Waals surface area contributed by atoms with Crippen LogP contribution >= 0.6 is 0 Å². The quantitative estimate of drug-likeness (QED) is 0.621. The monoisotopic (exact) mass is 310 g/mol. The Balaban J connectivity index is 2.83. The molecule has 0 aliphatic heterocycles. The molecule has 1 atom stereocenters. The maximum Gasteiger partial charge on any atom is 0.419 e. The van der Waals surface area contributed by atoms with Gasteiger partial charge in [0.1, 0.15) is 11.2 Å². The molecule has 122 valence electrons. The van der Waals surface area contributed by atoms with Gasteiger partial charge in [0.05, 0.1) is 0 Å². The van der Waals surface area contributed by atoms with Crippen molar-refractivity contribution in [3.63, 3.8) is 0 Å². The maximum absolute atomic E-state index is 12.9. The minimum absolute atomic E-state index is 0.0226. The number of carbonyl (C=O) groups is 1. The van der Waals surface area contributed by atoms with Crippen LogP contribution in [0.3, 0.4) is 0 Å². The van der Waals surface area contributed by atoms with E-state index in [9.17, 15) is 28.2 Å². The summed E-state index contributed by atoms with van der Waals surface area (Å²) < 4.78 is 43.8. The summed E-state index contributed by atoms with van der Waals surface area (Å²) in [5.74, 6) is -0.620. The molecule has 21 heavy (non-hydrogen) atoms. The Bertz CT molecular complexity index is 432. The van der Waals surface area contributed by atoms with Gasteiger partial charge in [0.15, 0.2) is 5.60 Å². The summed E-state index contributed by atoms with van der Waals surface area (Å²) in [7, 11) is 0.